The van der Waals surface area contributed by atoms with Crippen LogP contribution >= 0.6 is 0 Å². The number of carbonyl (C=O) groups excluding carboxylic acids is 1. The van der Waals surface area contributed by atoms with Crippen LogP contribution in [0.1, 0.15) is 49.5 Å². The third kappa shape index (κ3) is 5.69. The van der Waals surface area contributed by atoms with E-state index in [1.54, 1.807) is 6.92 Å². The molecule has 0 aromatic heterocycles. The van der Waals surface area contributed by atoms with Crippen LogP contribution in [0.3, 0.4) is 0 Å². The SMILES string of the molecule is Cc1ccc(C(=O)NC(CCC(C)(C)C)C(=O)O)cc1[N+](=O)[O-]. The maximum atomic E-state index is 12.2. The minimum Gasteiger partial charge on any atom is -0.480 e. The van der Waals surface area contributed by atoms with Crippen molar-refractivity contribution in [1.29, 1.82) is 0 Å². The van der Waals surface area contributed by atoms with Gasteiger partial charge in [-0.2, -0.15) is 0 Å². The highest BCUT2D eigenvalue weighted by atomic mass is 16.6. The fourth-order valence-electron chi connectivity index (χ4n) is 2.02. The summed E-state index contributed by atoms with van der Waals surface area (Å²) in [6, 6.07) is 3.05. The predicted octanol–water partition coefficient (Wildman–Crippen LogP) is 2.91. The molecule has 7 nitrogen and oxygen atoms in total. The maximum Gasteiger partial charge on any atom is 0.326 e. The van der Waals surface area contributed by atoms with Crippen LogP contribution in [0.4, 0.5) is 5.69 Å². The second kappa shape index (κ2) is 7.21. The lowest BCUT2D eigenvalue weighted by Gasteiger charge is -2.21. The molecule has 1 atom stereocenters. The first-order valence-electron chi connectivity index (χ1n) is 7.30. The molecule has 0 spiro atoms. The van der Waals surface area contributed by atoms with E-state index in [4.69, 9.17) is 0 Å². The summed E-state index contributed by atoms with van der Waals surface area (Å²) in [7, 11) is 0. The smallest absolute Gasteiger partial charge is 0.326 e. The Balaban J connectivity index is 2.89. The van der Waals surface area contributed by atoms with Crippen molar-refractivity contribution < 1.29 is 19.6 Å². The lowest BCUT2D eigenvalue weighted by Crippen LogP contribution is -2.41. The molecule has 0 saturated carbocycles. The van der Waals surface area contributed by atoms with Crippen molar-refractivity contribution in [2.75, 3.05) is 0 Å². The molecule has 0 saturated heterocycles. The van der Waals surface area contributed by atoms with Gasteiger partial charge in [-0.05, 0) is 31.2 Å². The van der Waals surface area contributed by atoms with Crippen LogP contribution in [-0.4, -0.2) is 27.9 Å². The average molecular weight is 322 g/mol. The van der Waals surface area contributed by atoms with E-state index in [2.05, 4.69) is 5.32 Å². The van der Waals surface area contributed by atoms with Gasteiger partial charge in [0.1, 0.15) is 6.04 Å². The fraction of sp³-hybridized carbons (Fsp3) is 0.500. The maximum absolute atomic E-state index is 12.2. The largest absolute Gasteiger partial charge is 0.480 e. The summed E-state index contributed by atoms with van der Waals surface area (Å²) < 4.78 is 0. The van der Waals surface area contributed by atoms with Crippen molar-refractivity contribution in [3.63, 3.8) is 0 Å². The van der Waals surface area contributed by atoms with Gasteiger partial charge in [0, 0.05) is 17.2 Å². The first kappa shape index (κ1) is 18.6. The van der Waals surface area contributed by atoms with Crippen molar-refractivity contribution in [3.05, 3.63) is 39.4 Å². The van der Waals surface area contributed by atoms with Gasteiger partial charge in [-0.3, -0.25) is 14.9 Å². The number of carbonyl (C=O) groups is 2. The van der Waals surface area contributed by atoms with Gasteiger partial charge < -0.3 is 10.4 Å². The first-order valence-corrected chi connectivity index (χ1v) is 7.30. The Bertz CT molecular complexity index is 619. The molecule has 0 radical (unpaired) electrons. The summed E-state index contributed by atoms with van der Waals surface area (Å²) in [5.41, 5.74) is 0.291. The highest BCUT2D eigenvalue weighted by Crippen LogP contribution is 2.22. The van der Waals surface area contributed by atoms with E-state index >= 15 is 0 Å². The lowest BCUT2D eigenvalue weighted by atomic mass is 9.88. The summed E-state index contributed by atoms with van der Waals surface area (Å²) in [5.74, 6) is -1.75. The molecule has 1 rings (SSSR count). The Labute approximate surface area is 134 Å². The second-order valence-corrected chi connectivity index (χ2v) is 6.72. The molecule has 1 aromatic carbocycles. The van der Waals surface area contributed by atoms with E-state index in [0.717, 1.165) is 6.07 Å². The number of carboxylic acid groups (broad SMARTS) is 1. The van der Waals surface area contributed by atoms with Gasteiger partial charge in [-0.1, -0.05) is 26.8 Å². The van der Waals surface area contributed by atoms with Crippen molar-refractivity contribution in [2.24, 2.45) is 5.41 Å². The molecular formula is C16H22N2O5. The molecule has 1 unspecified atom stereocenters. The normalized spacial score (nSPS) is 12.5. The van der Waals surface area contributed by atoms with E-state index in [1.165, 1.54) is 12.1 Å². The Morgan fingerprint density at radius 3 is 2.43 bits per heavy atom. The monoisotopic (exact) mass is 322 g/mol. The van der Waals surface area contributed by atoms with Crippen LogP contribution in [0.5, 0.6) is 0 Å². The minimum absolute atomic E-state index is 0.0545. The predicted molar refractivity (Wildman–Crippen MR) is 85.4 cm³/mol. The Kier molecular flexibility index (Phi) is 5.84. The Hall–Kier alpha value is -2.44. The number of nitrogens with zero attached hydrogens (tertiary/aromatic N) is 1. The van der Waals surface area contributed by atoms with Crippen LogP contribution in [0, 0.1) is 22.5 Å². The molecule has 0 heterocycles. The topological polar surface area (TPSA) is 110 Å². The molecule has 1 aromatic rings. The summed E-state index contributed by atoms with van der Waals surface area (Å²) in [6.07, 6.45) is 0.914. The zero-order valence-electron chi connectivity index (χ0n) is 13.8. The number of nitrogens with one attached hydrogen (secondary N) is 1. The number of nitro groups is 1. The third-order valence-corrected chi connectivity index (χ3v) is 3.45. The Morgan fingerprint density at radius 1 is 1.35 bits per heavy atom. The number of hydrogen-bond donors (Lipinski definition) is 2. The Morgan fingerprint density at radius 2 is 1.96 bits per heavy atom. The molecule has 0 bridgehead atoms. The van der Waals surface area contributed by atoms with Gasteiger partial charge in [0.2, 0.25) is 0 Å². The molecule has 1 amide bonds. The number of carboxylic acids is 1. The number of aryl methyl sites for hydroxylation is 1. The number of amides is 1. The zero-order chi connectivity index (χ0) is 17.8. The third-order valence-electron chi connectivity index (χ3n) is 3.45. The van der Waals surface area contributed by atoms with Gasteiger partial charge in [0.05, 0.1) is 4.92 Å². The molecule has 0 aliphatic heterocycles. The van der Waals surface area contributed by atoms with Gasteiger partial charge in [-0.15, -0.1) is 0 Å². The summed E-state index contributed by atoms with van der Waals surface area (Å²) in [6.45, 7) is 7.52. The van der Waals surface area contributed by atoms with Gasteiger partial charge >= 0.3 is 5.97 Å². The van der Waals surface area contributed by atoms with Gasteiger partial charge in [0.15, 0.2) is 0 Å². The van der Waals surface area contributed by atoms with E-state index in [0.29, 0.717) is 18.4 Å². The van der Waals surface area contributed by atoms with Crippen LogP contribution in [0.25, 0.3) is 0 Å². The number of nitro benzene ring substituents is 1. The zero-order valence-corrected chi connectivity index (χ0v) is 13.8. The molecule has 7 heteroatoms. The molecule has 23 heavy (non-hydrogen) atoms. The highest BCUT2D eigenvalue weighted by molar-refractivity contribution is 5.97. The summed E-state index contributed by atoms with van der Waals surface area (Å²) in [4.78, 5) is 33.8. The number of benzene rings is 1. The van der Waals surface area contributed by atoms with Crippen LogP contribution in [0.15, 0.2) is 18.2 Å². The van der Waals surface area contributed by atoms with E-state index in [-0.39, 0.29) is 16.7 Å². The van der Waals surface area contributed by atoms with Crippen LogP contribution in [-0.2, 0) is 4.79 Å². The fourth-order valence-corrected chi connectivity index (χ4v) is 2.02. The molecule has 2 N–H and O–H groups in total. The van der Waals surface area contributed by atoms with Crippen LogP contribution < -0.4 is 5.32 Å². The molecule has 126 valence electrons. The van der Waals surface area contributed by atoms with Crippen molar-refractivity contribution >= 4 is 17.6 Å². The summed E-state index contributed by atoms with van der Waals surface area (Å²) >= 11 is 0. The molecular weight excluding hydrogens is 300 g/mol. The average Bonchev–Trinajstić information content (AvgIpc) is 2.41. The quantitative estimate of drug-likeness (QED) is 0.618. The molecule has 0 aliphatic carbocycles. The van der Waals surface area contributed by atoms with Crippen molar-refractivity contribution in [2.45, 2.75) is 46.6 Å². The number of rotatable bonds is 6. The number of hydrogen-bond acceptors (Lipinski definition) is 4. The highest BCUT2D eigenvalue weighted by Gasteiger charge is 2.24. The second-order valence-electron chi connectivity index (χ2n) is 6.72. The van der Waals surface area contributed by atoms with Gasteiger partial charge in [0.25, 0.3) is 11.6 Å². The summed E-state index contributed by atoms with van der Waals surface area (Å²) in [5, 5.41) is 22.6. The first-order chi connectivity index (χ1) is 10.5. The molecule has 0 aliphatic rings. The van der Waals surface area contributed by atoms with Crippen molar-refractivity contribution in [3.8, 4) is 0 Å². The van der Waals surface area contributed by atoms with E-state index < -0.39 is 22.8 Å². The van der Waals surface area contributed by atoms with Gasteiger partial charge in [-0.25, -0.2) is 4.79 Å². The van der Waals surface area contributed by atoms with Crippen LogP contribution in [0.2, 0.25) is 0 Å². The van der Waals surface area contributed by atoms with Crippen molar-refractivity contribution in [1.82, 2.24) is 5.32 Å². The van der Waals surface area contributed by atoms with E-state index in [9.17, 15) is 24.8 Å². The standard InChI is InChI=1S/C16H22N2O5/c1-10-5-6-11(9-13(10)18(22)23)14(19)17-12(15(20)21)7-8-16(2,3)4/h5-6,9,12H,7-8H2,1-4H3,(H,17,19)(H,20,21). The minimum atomic E-state index is -1.12. The lowest BCUT2D eigenvalue weighted by molar-refractivity contribution is -0.385. The molecule has 0 fully saturated rings. The van der Waals surface area contributed by atoms with E-state index in [1.807, 2.05) is 20.8 Å². The number of aliphatic carboxylic acids is 1.